The maximum Gasteiger partial charge on any atom is 0.211 e. The Hall–Kier alpha value is -10.9. The first kappa shape index (κ1) is 96.2. The molecule has 6 fully saturated rings. The molecule has 6 aliphatic rings. The fraction of sp³-hybridized carbons (Fsp3) is 0.438. The number of likely N-dealkylation sites (N-methyl/N-ethyl adjacent to an activating group) is 3. The largest absolute Gasteiger partial charge is 0.397 e. The van der Waals surface area contributed by atoms with E-state index >= 15 is 0 Å². The summed E-state index contributed by atoms with van der Waals surface area (Å²) in [5.41, 5.74) is 38.3. The Kier molecular flexibility index (Phi) is 31.4. The SMILES string of the molecule is CCc1cc(Br)ncc1N.CCc1cc(C2CN(C)C2)ncc1N.CCc1cc(C2CN(C)C2)ncc1N(C)c1cc2c(cn1)ncn2C.CCc1cc(C2CN(C)C2)ncc1Nc1cc2c(cn1)ncn2C.CCc1cc(C2CN(S(C)(=O)=O)C2)ncc1N(C)c1cc2c(cn1)ncn2C.CCc1cc(C2CNC2)ncc1N(C)c1cc2c(cn1)ncn2C.CN1CC(I)C1. The van der Waals surface area contributed by atoms with Gasteiger partial charge >= 0.3 is 0 Å². The molecule has 6 aliphatic heterocycles. The number of halogens is 2. The molecule has 14 aromatic rings. The molecule has 35 heteroatoms. The van der Waals surface area contributed by atoms with E-state index in [1.807, 2.05) is 133 Å². The van der Waals surface area contributed by atoms with Crippen LogP contribution in [-0.2, 0) is 76.7 Å². The van der Waals surface area contributed by atoms with Crippen molar-refractivity contribution in [1.29, 1.82) is 0 Å². The van der Waals surface area contributed by atoms with Crippen LogP contribution in [0.25, 0.3) is 44.1 Å². The number of nitrogens with two attached hydrogens (primary N) is 2. The van der Waals surface area contributed by atoms with Crippen LogP contribution in [0.2, 0.25) is 0 Å². The first-order chi connectivity index (χ1) is 62.9. The van der Waals surface area contributed by atoms with Crippen LogP contribution < -0.4 is 36.8 Å². The van der Waals surface area contributed by atoms with Gasteiger partial charge in [0.1, 0.15) is 49.9 Å². The lowest BCUT2D eigenvalue weighted by molar-refractivity contribution is 0.186. The quantitative estimate of drug-likeness (QED) is 0.0313. The minimum Gasteiger partial charge on any atom is -0.397 e. The highest BCUT2D eigenvalue weighted by molar-refractivity contribution is 14.1. The molecule has 14 aromatic heterocycles. The summed E-state index contributed by atoms with van der Waals surface area (Å²) in [5.74, 6) is 5.92. The van der Waals surface area contributed by atoms with Crippen molar-refractivity contribution >= 4 is 150 Å². The Balaban J connectivity index is 0.000000128. The number of imidazole rings is 4. The van der Waals surface area contributed by atoms with Gasteiger partial charge in [0.15, 0.2) is 0 Å². The zero-order valence-corrected chi connectivity index (χ0v) is 83.4. The van der Waals surface area contributed by atoms with Crippen molar-refractivity contribution in [3.63, 3.8) is 0 Å². The zero-order valence-electron chi connectivity index (χ0n) is 78.8. The molecule has 20 heterocycles. The molecular formula is C96H126BrIN30O2S. The molecule has 0 unspecified atom stereocenters. The first-order valence-electron chi connectivity index (χ1n) is 45.1. The summed E-state index contributed by atoms with van der Waals surface area (Å²) >= 11 is 5.74. The van der Waals surface area contributed by atoms with Crippen LogP contribution in [0, 0.1) is 0 Å². The lowest BCUT2D eigenvalue weighted by atomic mass is 9.95. The number of nitrogen functional groups attached to an aromatic ring is 2. The molecule has 6 saturated heterocycles. The van der Waals surface area contributed by atoms with Gasteiger partial charge in [-0.05, 0) is 152 Å². The van der Waals surface area contributed by atoms with E-state index in [9.17, 15) is 8.42 Å². The summed E-state index contributed by atoms with van der Waals surface area (Å²) in [4.78, 5) is 78.1. The number of hydrogen-bond acceptors (Lipinski definition) is 27. The van der Waals surface area contributed by atoms with Gasteiger partial charge < -0.3 is 74.7 Å². The topological polar surface area (TPSA) is 336 Å². The number of fused-ring (bicyclic) bond motifs is 4. The summed E-state index contributed by atoms with van der Waals surface area (Å²) < 4.78 is 34.5. The number of hydrogen-bond donors (Lipinski definition) is 4. The fourth-order valence-electron chi connectivity index (χ4n) is 16.8. The highest BCUT2D eigenvalue weighted by Gasteiger charge is 2.36. The molecule has 0 spiro atoms. The summed E-state index contributed by atoms with van der Waals surface area (Å²) in [6, 6.07) is 21.2. The van der Waals surface area contributed by atoms with Crippen LogP contribution in [0.3, 0.4) is 0 Å². The monoisotopic (exact) mass is 1970 g/mol. The number of likely N-dealkylation sites (tertiary alicyclic amines) is 4. The van der Waals surface area contributed by atoms with Crippen LogP contribution in [-0.4, -0.2) is 258 Å². The number of aromatic nitrogens is 18. The number of nitrogens with zero attached hydrogens (tertiary/aromatic N) is 26. The number of anilines is 10. The number of alkyl halides is 1. The molecule has 20 rings (SSSR count). The van der Waals surface area contributed by atoms with E-state index in [-0.39, 0.29) is 5.92 Å². The van der Waals surface area contributed by atoms with E-state index < -0.39 is 10.0 Å². The van der Waals surface area contributed by atoms with Gasteiger partial charge in [-0.25, -0.2) is 57.6 Å². The average molecular weight is 1970 g/mol. The van der Waals surface area contributed by atoms with Gasteiger partial charge in [-0.2, -0.15) is 0 Å². The van der Waals surface area contributed by atoms with Crippen molar-refractivity contribution in [2.75, 3.05) is 166 Å². The standard InChI is InChI=1S/C19H24N6O2S.C19H24N6.2C18H22N6.C11H17N3.C7H9BrN2.C4H8IN/c1-5-13-6-15(14-10-25(11-14)28(4,26)27)20-9-18(13)24(3)19-7-17-16(8-21-19)22-12-23(17)2;1-5-13-6-15(14-10-23(2)11-14)20-9-18(13)25(4)19-7-17-16(8-21-19)22-12-24(17)3;1-4-12-5-14(13-9-23(2)10-13)19-7-15(12)22-18-6-17-16(8-20-18)21-11-24(17)3;1-4-12-5-14(13-7-19-8-13)20-10-17(12)24(3)18-6-16-15(9-21-18)22-11-23(16)2;1-3-8-4-11(13-5-10(8)12)9-6-14(2)7-9;1-2-5-3-7(8)10-4-6(5)9;1-6-2-4(5)3-6/h6-9,12,14H,5,10-11H2,1-4H3;6-9,12,14H,5,10-11H2,1-4H3;5-8,11,13H,4,9-10H2,1-3H3,(H,20,22);5-6,9-11,13,19H,4,7-8H2,1-3H3;4-5,9H,3,6-7,12H2,1-2H3;3-4H,2,9H2,1H3;4H,2-3H2,1H3. The van der Waals surface area contributed by atoms with E-state index in [2.05, 4.69) is 258 Å². The zero-order chi connectivity index (χ0) is 93.2. The first-order valence-corrected chi connectivity index (χ1v) is 49.0. The van der Waals surface area contributed by atoms with Crippen LogP contribution >= 0.6 is 38.5 Å². The summed E-state index contributed by atoms with van der Waals surface area (Å²) in [7, 11) is 19.5. The normalized spacial score (nSPS) is 15.8. The average Bonchev–Trinajstić information content (AvgIpc) is 1.35. The smallest absolute Gasteiger partial charge is 0.211 e. The summed E-state index contributed by atoms with van der Waals surface area (Å²) in [6.07, 6.45) is 32.7. The molecule has 131 heavy (non-hydrogen) atoms. The number of aryl methyl sites for hydroxylation is 10. The highest BCUT2D eigenvalue weighted by atomic mass is 127. The minimum absolute atomic E-state index is 0.156. The second-order valence-corrected chi connectivity index (χ2v) is 39.8. The third-order valence-electron chi connectivity index (χ3n) is 25.5. The molecule has 692 valence electrons. The third kappa shape index (κ3) is 22.9. The molecule has 6 N–H and O–H groups in total. The Labute approximate surface area is 791 Å². The Bertz CT molecular complexity index is 6380. The van der Waals surface area contributed by atoms with Gasteiger partial charge in [0.05, 0.1) is 150 Å². The Morgan fingerprint density at radius 3 is 1.02 bits per heavy atom. The molecule has 0 saturated carbocycles. The van der Waals surface area contributed by atoms with Gasteiger partial charge in [0.25, 0.3) is 0 Å². The van der Waals surface area contributed by atoms with Crippen LogP contribution in [0.1, 0.15) is 133 Å². The Morgan fingerprint density at radius 1 is 0.382 bits per heavy atom. The number of nitrogens with one attached hydrogen (secondary N) is 2. The van der Waals surface area contributed by atoms with Crippen LogP contribution in [0.15, 0.2) is 153 Å². The molecule has 0 radical (unpaired) electrons. The van der Waals surface area contributed by atoms with Crippen molar-refractivity contribution < 1.29 is 8.42 Å². The van der Waals surface area contributed by atoms with Gasteiger partial charge in [0, 0.05) is 214 Å². The van der Waals surface area contributed by atoms with Crippen LogP contribution in [0.4, 0.5) is 57.4 Å². The van der Waals surface area contributed by atoms with Gasteiger partial charge in [-0.15, -0.1) is 0 Å². The molecular weight excluding hydrogens is 1840 g/mol. The lowest BCUT2D eigenvalue weighted by Crippen LogP contribution is -2.48. The van der Waals surface area contributed by atoms with Gasteiger partial charge in [-0.1, -0.05) is 64.1 Å². The van der Waals surface area contributed by atoms with E-state index in [0.29, 0.717) is 36.8 Å². The molecule has 0 aromatic carbocycles. The molecule has 0 atom stereocenters. The second kappa shape index (κ2) is 42.8. The molecule has 0 amide bonds. The maximum atomic E-state index is 11.6. The Morgan fingerprint density at radius 2 is 0.695 bits per heavy atom. The van der Waals surface area contributed by atoms with Crippen molar-refractivity contribution in [3.05, 3.63) is 214 Å². The van der Waals surface area contributed by atoms with Gasteiger partial charge in [0.2, 0.25) is 10.0 Å². The maximum absolute atomic E-state index is 11.6. The van der Waals surface area contributed by atoms with Gasteiger partial charge in [-0.3, -0.25) is 24.9 Å². The summed E-state index contributed by atoms with van der Waals surface area (Å²) in [6.45, 7) is 25.2. The lowest BCUT2D eigenvalue weighted by Gasteiger charge is -2.37. The molecule has 0 bridgehead atoms. The van der Waals surface area contributed by atoms with E-state index in [0.717, 1.165) is 218 Å². The van der Waals surface area contributed by atoms with Crippen molar-refractivity contribution in [2.45, 2.75) is 114 Å². The minimum atomic E-state index is -3.12. The molecule has 32 nitrogen and oxygen atoms in total. The fourth-order valence-corrected chi connectivity index (χ4v) is 19.5. The highest BCUT2D eigenvalue weighted by Crippen LogP contribution is 2.38. The summed E-state index contributed by atoms with van der Waals surface area (Å²) in [5, 5.41) is 6.73. The predicted octanol–water partition coefficient (Wildman–Crippen LogP) is 13.8. The number of sulfonamides is 1. The van der Waals surface area contributed by atoms with Crippen molar-refractivity contribution in [3.8, 4) is 0 Å². The van der Waals surface area contributed by atoms with E-state index in [1.165, 1.54) is 68.7 Å². The van der Waals surface area contributed by atoms with E-state index in [1.54, 1.807) is 37.4 Å². The number of pyridine rings is 10. The van der Waals surface area contributed by atoms with Crippen molar-refractivity contribution in [2.24, 2.45) is 28.2 Å². The second-order valence-electron chi connectivity index (χ2n) is 35.2. The predicted molar refractivity (Wildman–Crippen MR) is 541 cm³/mol. The third-order valence-corrected chi connectivity index (χ3v) is 27.9. The van der Waals surface area contributed by atoms with Crippen molar-refractivity contribution in [1.82, 2.24) is 117 Å². The van der Waals surface area contributed by atoms with Crippen LogP contribution in [0.5, 0.6) is 0 Å². The number of rotatable bonds is 20. The molecule has 0 aliphatic carbocycles. The van der Waals surface area contributed by atoms with E-state index in [4.69, 9.17) is 21.4 Å².